The zero-order chi connectivity index (χ0) is 29.1. The van der Waals surface area contributed by atoms with Crippen molar-refractivity contribution in [3.63, 3.8) is 0 Å². The van der Waals surface area contributed by atoms with E-state index < -0.39 is 27.2 Å². The molecule has 0 spiro atoms. The Morgan fingerprint density at radius 2 is 1.83 bits per heavy atom. The lowest BCUT2D eigenvalue weighted by Crippen LogP contribution is -2.11. The third kappa shape index (κ3) is 5.01. The van der Waals surface area contributed by atoms with Gasteiger partial charge in [-0.25, -0.2) is 26.9 Å². The maximum Gasteiger partial charge on any atom is 0.219 e. The minimum atomic E-state index is -3.17. The van der Waals surface area contributed by atoms with Crippen LogP contribution in [0.4, 0.5) is 14.6 Å². The molecule has 2 aliphatic rings. The van der Waals surface area contributed by atoms with Crippen LogP contribution in [0, 0.1) is 25.5 Å². The van der Waals surface area contributed by atoms with Crippen LogP contribution in [-0.4, -0.2) is 34.2 Å². The largest absolute Gasteiger partial charge is 0.433 e. The van der Waals surface area contributed by atoms with Crippen molar-refractivity contribution < 1.29 is 26.7 Å². The predicted octanol–water partition coefficient (Wildman–Crippen LogP) is 5.44. The van der Waals surface area contributed by atoms with Crippen molar-refractivity contribution in [2.24, 2.45) is 0 Å². The molecule has 0 radical (unpaired) electrons. The number of nitrogens with zero attached hydrogens (tertiary/aromatic N) is 3. The molecule has 0 bridgehead atoms. The maximum absolute atomic E-state index is 14.0. The van der Waals surface area contributed by atoms with Crippen LogP contribution in [-0.2, 0) is 22.0 Å². The first-order valence-corrected chi connectivity index (χ1v) is 14.7. The summed E-state index contributed by atoms with van der Waals surface area (Å²) in [5.41, 5.74) is 11.6. The highest BCUT2D eigenvalue weighted by Crippen LogP contribution is 2.35. The topological polar surface area (TPSA) is 117 Å². The van der Waals surface area contributed by atoms with Gasteiger partial charge in [-0.05, 0) is 72.7 Å². The summed E-state index contributed by atoms with van der Waals surface area (Å²) >= 11 is 0. The Morgan fingerprint density at radius 3 is 2.51 bits per heavy atom. The Hall–Kier alpha value is -4.38. The molecule has 0 aliphatic heterocycles. The van der Waals surface area contributed by atoms with Gasteiger partial charge >= 0.3 is 0 Å². The average Bonchev–Trinajstić information content (AvgIpc) is 3.62. The van der Waals surface area contributed by atoms with Crippen molar-refractivity contribution in [1.29, 1.82) is 0 Å². The zero-order valence-electron chi connectivity index (χ0n) is 22.3. The first kappa shape index (κ1) is 26.8. The number of carbonyl (C=O) groups excluding carboxylic acids is 1. The van der Waals surface area contributed by atoms with E-state index in [0.717, 1.165) is 47.2 Å². The first-order chi connectivity index (χ1) is 19.5. The summed E-state index contributed by atoms with van der Waals surface area (Å²) < 4.78 is 59.8. The van der Waals surface area contributed by atoms with E-state index in [0.29, 0.717) is 23.2 Å². The van der Waals surface area contributed by atoms with Gasteiger partial charge in [0.25, 0.3) is 0 Å². The molecule has 0 saturated heterocycles. The molecule has 41 heavy (non-hydrogen) atoms. The molecule has 0 atom stereocenters. The Morgan fingerprint density at radius 1 is 1.10 bits per heavy atom. The van der Waals surface area contributed by atoms with Gasteiger partial charge < -0.3 is 10.5 Å². The number of nitrogen functional groups attached to an aromatic ring is 1. The summed E-state index contributed by atoms with van der Waals surface area (Å²) in [7, 11) is -3.17. The van der Waals surface area contributed by atoms with E-state index in [1.54, 1.807) is 13.0 Å². The summed E-state index contributed by atoms with van der Waals surface area (Å²) in [4.78, 5) is 17.6. The number of fused-ring (bicyclic) bond motifs is 1. The van der Waals surface area contributed by atoms with Crippen molar-refractivity contribution in [3.8, 4) is 17.3 Å². The number of Topliss-reactive ketones (excluding diaryl/α,β-unsaturated/α-hetero) is 1. The molecule has 210 valence electrons. The first-order valence-electron chi connectivity index (χ1n) is 13.0. The number of benzene rings is 2. The van der Waals surface area contributed by atoms with Crippen molar-refractivity contribution in [2.45, 2.75) is 44.1 Å². The molecule has 8 nitrogen and oxygen atoms in total. The highest BCUT2D eigenvalue weighted by molar-refractivity contribution is 7.91. The van der Waals surface area contributed by atoms with Crippen LogP contribution < -0.4 is 10.5 Å². The second-order valence-corrected chi connectivity index (χ2v) is 12.8. The van der Waals surface area contributed by atoms with E-state index in [4.69, 9.17) is 10.5 Å². The van der Waals surface area contributed by atoms with Crippen molar-refractivity contribution in [1.82, 2.24) is 14.8 Å². The Balaban J connectivity index is 1.22. The number of hydrogen-bond acceptors (Lipinski definition) is 7. The molecule has 6 rings (SSSR count). The number of para-hydroxylation sites is 1. The van der Waals surface area contributed by atoms with E-state index in [1.807, 2.05) is 19.1 Å². The number of anilines is 1. The van der Waals surface area contributed by atoms with Crippen molar-refractivity contribution in [2.75, 3.05) is 5.73 Å². The third-order valence-corrected chi connectivity index (χ3v) is 9.65. The van der Waals surface area contributed by atoms with Crippen LogP contribution in [0.3, 0.4) is 0 Å². The number of hydrogen-bond donors (Lipinski definition) is 1. The van der Waals surface area contributed by atoms with E-state index in [9.17, 15) is 22.0 Å². The van der Waals surface area contributed by atoms with Gasteiger partial charge in [-0.15, -0.1) is 0 Å². The Kier molecular flexibility index (Phi) is 6.49. The van der Waals surface area contributed by atoms with Gasteiger partial charge in [-0.3, -0.25) is 4.79 Å². The predicted molar refractivity (Wildman–Crippen MR) is 150 cm³/mol. The average molecular weight is 577 g/mol. The zero-order valence-corrected chi connectivity index (χ0v) is 23.1. The van der Waals surface area contributed by atoms with E-state index in [2.05, 4.69) is 10.1 Å². The highest BCUT2D eigenvalue weighted by atomic mass is 32.2. The van der Waals surface area contributed by atoms with Crippen LogP contribution in [0.2, 0.25) is 0 Å². The molecule has 2 aromatic carbocycles. The van der Waals surface area contributed by atoms with Gasteiger partial charge in [0.2, 0.25) is 11.6 Å². The smallest absolute Gasteiger partial charge is 0.219 e. The lowest BCUT2D eigenvalue weighted by molar-refractivity contribution is 0.103. The fourth-order valence-corrected chi connectivity index (χ4v) is 6.84. The van der Waals surface area contributed by atoms with E-state index >= 15 is 0 Å². The number of aryl methyl sites for hydroxylation is 2. The SMILES string of the molecule is Cc1cc2c(cc1CS(=O)(=O)C1CC1)CC(C(=O)c1cnn(-c3cnc(Oc4c(F)cccc4F)cc3C)c1N)=C2. The lowest BCUT2D eigenvalue weighted by atomic mass is 10.0. The second-order valence-electron chi connectivity index (χ2n) is 10.5. The number of pyridine rings is 1. The lowest BCUT2D eigenvalue weighted by Gasteiger charge is -2.11. The molecule has 2 heterocycles. The number of nitrogens with two attached hydrogens (primary N) is 1. The molecular formula is C30H26F2N4O4S. The molecule has 0 amide bonds. The van der Waals surface area contributed by atoms with Crippen LogP contribution in [0.1, 0.15) is 51.0 Å². The quantitative estimate of drug-likeness (QED) is 0.278. The molecule has 0 unspecified atom stereocenters. The molecule has 2 aromatic heterocycles. The minimum absolute atomic E-state index is 0.00618. The molecule has 1 saturated carbocycles. The van der Waals surface area contributed by atoms with Crippen LogP contribution in [0.5, 0.6) is 11.6 Å². The minimum Gasteiger partial charge on any atom is -0.433 e. The maximum atomic E-state index is 14.0. The summed E-state index contributed by atoms with van der Waals surface area (Å²) in [5.74, 6) is -2.46. The molecular weight excluding hydrogens is 550 g/mol. The van der Waals surface area contributed by atoms with Crippen LogP contribution in [0.15, 0.2) is 54.4 Å². The fraction of sp³-hybridized carbons (Fsp3) is 0.233. The van der Waals surface area contributed by atoms with E-state index in [-0.39, 0.29) is 34.0 Å². The standard InChI is InChI=1S/C30H26F2N4O4S/c1-16-8-18-10-20(11-19(18)12-21(16)15-41(38,39)22-6-7-22)28(37)23-13-35-36(30(23)33)26-14-34-27(9-17(26)2)40-29-24(31)4-3-5-25(29)32/h3-5,8-10,12-14,22H,6-7,11,15,33H2,1-2H3. The monoisotopic (exact) mass is 576 g/mol. The number of aromatic nitrogens is 3. The summed E-state index contributed by atoms with van der Waals surface area (Å²) in [6, 6.07) is 8.70. The van der Waals surface area contributed by atoms with E-state index in [1.165, 1.54) is 29.2 Å². The number of carbonyl (C=O) groups is 1. The number of halogens is 2. The molecule has 11 heteroatoms. The fourth-order valence-electron chi connectivity index (χ4n) is 5.00. The molecule has 2 N–H and O–H groups in total. The third-order valence-electron chi connectivity index (χ3n) is 7.45. The number of rotatable bonds is 8. The molecule has 4 aromatic rings. The Labute approximate surface area is 235 Å². The number of ether oxygens (including phenoxy) is 1. The van der Waals surface area contributed by atoms with Crippen molar-refractivity contribution in [3.05, 3.63) is 99.4 Å². The number of sulfone groups is 1. The number of allylic oxidation sites excluding steroid dienone is 1. The van der Waals surface area contributed by atoms with Gasteiger partial charge in [0.05, 0.1) is 34.6 Å². The van der Waals surface area contributed by atoms with Crippen LogP contribution in [0.25, 0.3) is 11.8 Å². The van der Waals surface area contributed by atoms with Gasteiger partial charge in [-0.1, -0.05) is 18.2 Å². The van der Waals surface area contributed by atoms with Crippen molar-refractivity contribution >= 4 is 27.5 Å². The second kappa shape index (κ2) is 9.91. The highest BCUT2D eigenvalue weighted by Gasteiger charge is 2.36. The van der Waals surface area contributed by atoms with Gasteiger partial charge in [0, 0.05) is 18.1 Å². The van der Waals surface area contributed by atoms with Crippen LogP contribution >= 0.6 is 0 Å². The summed E-state index contributed by atoms with van der Waals surface area (Å²) in [5, 5.41) is 4.06. The normalized spacial score (nSPS) is 14.6. The van der Waals surface area contributed by atoms with Gasteiger partial charge in [0.1, 0.15) is 5.82 Å². The van der Waals surface area contributed by atoms with Gasteiger partial charge in [0.15, 0.2) is 27.3 Å². The summed E-state index contributed by atoms with van der Waals surface area (Å²) in [6.07, 6.45) is 6.40. The number of ketones is 1. The summed E-state index contributed by atoms with van der Waals surface area (Å²) in [6.45, 7) is 3.61. The Bertz CT molecular complexity index is 1860. The molecule has 2 aliphatic carbocycles. The van der Waals surface area contributed by atoms with Gasteiger partial charge in [-0.2, -0.15) is 5.10 Å². The molecule has 1 fully saturated rings.